The maximum absolute atomic E-state index is 11.3. The molecule has 14 rings (SSSR count). The highest BCUT2D eigenvalue weighted by Crippen LogP contribution is 2.56. The van der Waals surface area contributed by atoms with E-state index in [0.29, 0.717) is 85.9 Å². The van der Waals surface area contributed by atoms with Crippen LogP contribution < -0.4 is 17.6 Å². The van der Waals surface area contributed by atoms with Gasteiger partial charge in [-0.15, -0.1) is 0 Å². The highest BCUT2D eigenvalue weighted by Gasteiger charge is 2.67. The second-order valence-corrected chi connectivity index (χ2v) is 26.7. The van der Waals surface area contributed by atoms with Gasteiger partial charge >= 0.3 is 0 Å². The first-order valence-electron chi connectivity index (χ1n) is 28.1. The topological polar surface area (TPSA) is 376 Å². The third kappa shape index (κ3) is 12.7. The summed E-state index contributed by atoms with van der Waals surface area (Å²) in [5, 5.41) is 59.5. The highest BCUT2D eigenvalue weighted by molar-refractivity contribution is 6.43. The summed E-state index contributed by atoms with van der Waals surface area (Å²) in [4.78, 5) is 24.9. The molecule has 0 radical (unpaired) electrons. The van der Waals surface area contributed by atoms with Gasteiger partial charge in [-0.05, 0) is 120 Å². The van der Waals surface area contributed by atoms with Crippen molar-refractivity contribution >= 4 is 126 Å². The summed E-state index contributed by atoms with van der Waals surface area (Å²) < 4.78 is 49.0. The lowest BCUT2D eigenvalue weighted by atomic mass is 9.88. The van der Waals surface area contributed by atoms with Crippen LogP contribution in [0.1, 0.15) is 110 Å². The first-order chi connectivity index (χ1) is 42.4. The largest absolute Gasteiger partial charge is 0.412 e. The van der Waals surface area contributed by atoms with Crippen LogP contribution >= 0.6 is 81.2 Å². The molecule has 0 saturated carbocycles. The molecule has 11 heterocycles. The Labute approximate surface area is 568 Å². The SMILES string of the molecule is C.CC1(C)O[C@H]2[C@H](n3ccc4c(Cl)ncnc43)O[C@H]([C@H](O)c3ccc(Cl)c(Cl)c3)[C@@]2(C)O1.CC1(C)O[C@H]2[C@H](n3ccc4c(N)ncnc43)O[C@H]([C@H](O)c3ccc(Cl)c(Cl)c3)[C@@]2(C)O1.C[C@@]1(O)[C@@H]([C@H](O)c2ccc(Cl)c(Cl)c2)O[C@@H](n2ccc3c(N)ncnc32)[C@@H]1O.N.O. The third-order valence-electron chi connectivity index (χ3n) is 16.9. The Morgan fingerprint density at radius 2 is 0.806 bits per heavy atom. The van der Waals surface area contributed by atoms with E-state index in [4.69, 9.17) is 126 Å². The number of anilines is 2. The van der Waals surface area contributed by atoms with Crippen LogP contribution in [0.5, 0.6) is 0 Å². The minimum Gasteiger partial charge on any atom is -0.412 e. The van der Waals surface area contributed by atoms with E-state index in [-0.39, 0.29) is 29.9 Å². The number of aliphatic hydroxyl groups is 5. The van der Waals surface area contributed by atoms with Crippen LogP contribution in [0.3, 0.4) is 0 Å². The number of aromatic nitrogens is 9. The van der Waals surface area contributed by atoms with Gasteiger partial charge in [0.2, 0.25) is 0 Å². The molecule has 500 valence electrons. The second kappa shape index (κ2) is 26.5. The number of nitrogen functional groups attached to an aromatic ring is 2. The Hall–Kier alpha value is -5.41. The van der Waals surface area contributed by atoms with Crippen LogP contribution in [0.2, 0.25) is 35.3 Å². The summed E-state index contributed by atoms with van der Waals surface area (Å²) in [6, 6.07) is 19.9. The van der Waals surface area contributed by atoms with Crippen molar-refractivity contribution in [2.45, 2.75) is 158 Å². The molecule has 0 unspecified atom stereocenters. The molecule has 9 aromatic rings. The second-order valence-electron chi connectivity index (χ2n) is 23.9. The fourth-order valence-electron chi connectivity index (χ4n) is 12.7. The van der Waals surface area contributed by atoms with Gasteiger partial charge in [0.15, 0.2) is 30.3 Å². The number of nitrogens with zero attached hydrogens (tertiary/aromatic N) is 9. The molecular weight excluding hydrogens is 1360 g/mol. The monoisotopic (exact) mass is 1420 g/mol. The van der Waals surface area contributed by atoms with E-state index in [2.05, 4.69) is 29.9 Å². The Morgan fingerprint density at radius 1 is 0.473 bits per heavy atom. The number of nitrogens with two attached hydrogens (primary N) is 2. The van der Waals surface area contributed by atoms with Gasteiger partial charge in [-0.25, -0.2) is 29.9 Å². The van der Waals surface area contributed by atoms with Crippen LogP contribution in [0.4, 0.5) is 11.6 Å². The Morgan fingerprint density at radius 3 is 1.19 bits per heavy atom. The van der Waals surface area contributed by atoms with Gasteiger partial charge in [0, 0.05) is 18.6 Å². The van der Waals surface area contributed by atoms with Crippen molar-refractivity contribution in [1.82, 2.24) is 49.8 Å². The summed E-state index contributed by atoms with van der Waals surface area (Å²) >= 11 is 42.6. The van der Waals surface area contributed by atoms with E-state index in [1.165, 1.54) is 32.0 Å². The average molecular weight is 1430 g/mol. The van der Waals surface area contributed by atoms with Crippen molar-refractivity contribution in [2.75, 3.05) is 11.5 Å². The van der Waals surface area contributed by atoms with E-state index in [9.17, 15) is 25.5 Å². The molecule has 32 heteroatoms. The lowest BCUT2D eigenvalue weighted by Crippen LogP contribution is -2.47. The molecule has 6 aromatic heterocycles. The first-order valence-corrected chi connectivity index (χ1v) is 30.7. The molecule has 5 saturated heterocycles. The molecule has 0 aliphatic carbocycles. The lowest BCUT2D eigenvalue weighted by Gasteiger charge is -2.32. The van der Waals surface area contributed by atoms with Crippen LogP contribution in [0.15, 0.2) is 110 Å². The van der Waals surface area contributed by atoms with Crippen LogP contribution in [-0.4, -0.2) is 140 Å². The minimum atomic E-state index is -1.76. The van der Waals surface area contributed by atoms with Gasteiger partial charge < -0.3 is 95.5 Å². The van der Waals surface area contributed by atoms with Gasteiger partial charge in [-0.3, -0.25) is 0 Å². The van der Waals surface area contributed by atoms with Gasteiger partial charge in [-0.2, -0.15) is 0 Å². The molecule has 93 heavy (non-hydrogen) atoms. The lowest BCUT2D eigenvalue weighted by molar-refractivity contribution is -0.223. The number of hydrogen-bond acceptors (Lipinski definition) is 21. The molecule has 5 fully saturated rings. The van der Waals surface area contributed by atoms with Crippen molar-refractivity contribution in [3.8, 4) is 0 Å². The molecule has 0 bridgehead atoms. The van der Waals surface area contributed by atoms with Crippen molar-refractivity contribution < 1.29 is 64.2 Å². The zero-order chi connectivity index (χ0) is 64.5. The fraction of sp³-hybridized carbons (Fsp3) is 0.410. The van der Waals surface area contributed by atoms with Crippen molar-refractivity contribution in [1.29, 1.82) is 0 Å². The number of rotatable bonds is 9. The quantitative estimate of drug-likeness (QED) is 0.0622. The first kappa shape index (κ1) is 71.9. The molecule has 15 atom stereocenters. The van der Waals surface area contributed by atoms with E-state index in [1.54, 1.807) is 65.4 Å². The maximum atomic E-state index is 11.3. The Kier molecular flexibility index (Phi) is 20.5. The standard InChI is InChI=1S/C21H20Cl3N3O4.C21H22Cl2N4O4.C18H18Cl2N4O4.CH4.H3N.H2O/c2*1-20(2)30-16-19(27-7-6-11-17(24)25-9-26-18(11)27)29-15(21(16,3)31-20)14(28)10-4-5-12(22)13(23)8-10;1-18(27)13(26)17(24-5-4-9-15(21)22-7-23-16(9)24)28-14(18)12(25)8-2-3-10(19)11(20)6-8;;;/h4-9,14-16,19,28H,1-3H3;4-9,14-16,19,28H,1-3H3,(H2,24,25,26);2-7,12-14,17,25-27H,1H3,(H2,21,22,23);1H4;1H3;1H2/t2*14-,15-,16+,19-,21-;12-,13+,14-,17-,18+;;;/m111.../s1. The van der Waals surface area contributed by atoms with Crippen molar-refractivity contribution in [3.63, 3.8) is 0 Å². The van der Waals surface area contributed by atoms with Gasteiger partial charge in [0.1, 0.15) is 124 Å². The number of ether oxygens (including phenoxy) is 7. The highest BCUT2D eigenvalue weighted by atomic mass is 35.5. The van der Waals surface area contributed by atoms with Crippen molar-refractivity contribution in [3.05, 3.63) is 162 Å². The minimum absolute atomic E-state index is 0. The predicted molar refractivity (Wildman–Crippen MR) is 351 cm³/mol. The van der Waals surface area contributed by atoms with E-state index in [1.807, 2.05) is 75.2 Å². The molecule has 0 amide bonds. The van der Waals surface area contributed by atoms with Crippen LogP contribution in [0, 0.1) is 0 Å². The molecule has 25 nitrogen and oxygen atoms in total. The van der Waals surface area contributed by atoms with Gasteiger partial charge in [0.25, 0.3) is 0 Å². The number of fused-ring (bicyclic) bond motifs is 5. The van der Waals surface area contributed by atoms with Crippen molar-refractivity contribution in [2.24, 2.45) is 0 Å². The zero-order valence-corrected chi connectivity index (χ0v) is 55.2. The average Bonchev–Trinajstić information content (AvgIpc) is 1.56. The van der Waals surface area contributed by atoms with E-state index in [0.717, 1.165) is 0 Å². The molecule has 0 spiro atoms. The van der Waals surface area contributed by atoms with Crippen LogP contribution in [-0.2, 0) is 33.2 Å². The summed E-state index contributed by atoms with van der Waals surface area (Å²) in [5.41, 5.74) is 11.4. The van der Waals surface area contributed by atoms with Crippen LogP contribution in [0.25, 0.3) is 33.1 Å². The zero-order valence-electron chi connectivity index (χ0n) is 49.9. The van der Waals surface area contributed by atoms with Gasteiger partial charge in [-0.1, -0.05) is 107 Å². The number of hydrogen-bond donors (Lipinski definition) is 8. The third-order valence-corrected chi connectivity index (χ3v) is 19.4. The molecule has 14 N–H and O–H groups in total. The fourth-order valence-corrected chi connectivity index (χ4v) is 13.8. The summed E-state index contributed by atoms with van der Waals surface area (Å²) in [6.45, 7) is 12.5. The number of aliphatic hydroxyl groups excluding tert-OH is 4. The number of halogens is 7. The van der Waals surface area contributed by atoms with E-state index < -0.39 is 102 Å². The predicted octanol–water partition coefficient (Wildman–Crippen LogP) is 10.8. The van der Waals surface area contributed by atoms with E-state index >= 15 is 0 Å². The smallest absolute Gasteiger partial charge is 0.165 e. The van der Waals surface area contributed by atoms with Gasteiger partial charge in [0.05, 0.1) is 46.3 Å². The maximum Gasteiger partial charge on any atom is 0.165 e. The molecule has 5 aliphatic heterocycles. The summed E-state index contributed by atoms with van der Waals surface area (Å²) in [7, 11) is 0. The Balaban J connectivity index is 0.000000162. The summed E-state index contributed by atoms with van der Waals surface area (Å²) in [5.74, 6) is -1.07. The summed E-state index contributed by atoms with van der Waals surface area (Å²) in [6.07, 6.45) is -1.20. The molecular formula is C61H69Cl7N12O13. The number of benzene rings is 3. The normalized spacial score (nSPS) is 29.0. The Bertz CT molecular complexity index is 4040. The molecule has 5 aliphatic rings. The molecule has 3 aromatic carbocycles.